The van der Waals surface area contributed by atoms with Crippen molar-refractivity contribution in [2.75, 3.05) is 30.3 Å². The number of para-hydroxylation sites is 1. The number of carbonyl (C=O) groups excluding carboxylic acids is 1. The van der Waals surface area contributed by atoms with Crippen LogP contribution in [0.4, 0.5) is 11.5 Å². The lowest BCUT2D eigenvalue weighted by Crippen LogP contribution is -3.10. The van der Waals surface area contributed by atoms with Crippen LogP contribution in [-0.4, -0.2) is 35.5 Å². The average molecular weight is 427 g/mol. The minimum atomic E-state index is -0.0836. The van der Waals surface area contributed by atoms with Gasteiger partial charge in [0, 0.05) is 10.6 Å². The summed E-state index contributed by atoms with van der Waals surface area (Å²) in [6, 6.07) is 6.00. The second-order valence-corrected chi connectivity index (χ2v) is 8.96. The molecule has 7 heteroatoms. The lowest BCUT2D eigenvalue weighted by Gasteiger charge is -2.16. The van der Waals surface area contributed by atoms with Crippen LogP contribution in [0.3, 0.4) is 0 Å². The van der Waals surface area contributed by atoms with E-state index < -0.39 is 0 Å². The van der Waals surface area contributed by atoms with Crippen molar-refractivity contribution in [1.82, 2.24) is 9.97 Å². The molecule has 0 saturated carbocycles. The van der Waals surface area contributed by atoms with Crippen LogP contribution < -0.4 is 15.5 Å². The van der Waals surface area contributed by atoms with Gasteiger partial charge in [-0.1, -0.05) is 18.2 Å². The van der Waals surface area contributed by atoms with E-state index in [0.29, 0.717) is 0 Å². The molecule has 1 aromatic carbocycles. The van der Waals surface area contributed by atoms with Crippen LogP contribution in [-0.2, 0) is 11.3 Å². The molecule has 0 aliphatic rings. The minimum absolute atomic E-state index is 0.0836. The van der Waals surface area contributed by atoms with Crippen LogP contribution in [0.2, 0.25) is 0 Å². The van der Waals surface area contributed by atoms with Crippen LogP contribution in [0.25, 0.3) is 10.2 Å². The summed E-state index contributed by atoms with van der Waals surface area (Å²) in [4.78, 5) is 25.9. The van der Waals surface area contributed by atoms with Gasteiger partial charge in [0.15, 0.2) is 5.82 Å². The van der Waals surface area contributed by atoms with Gasteiger partial charge in [-0.2, -0.15) is 0 Å². The molecule has 0 spiro atoms. The van der Waals surface area contributed by atoms with Crippen LogP contribution in [0.15, 0.2) is 18.2 Å². The molecular formula is C23H32N5OS+. The molecule has 0 atom stereocenters. The van der Waals surface area contributed by atoms with Gasteiger partial charge in [0.1, 0.15) is 17.2 Å². The zero-order valence-corrected chi connectivity index (χ0v) is 19.6. The molecule has 0 aliphatic carbocycles. The van der Waals surface area contributed by atoms with E-state index >= 15 is 0 Å². The number of benzene rings is 1. The summed E-state index contributed by atoms with van der Waals surface area (Å²) < 4.78 is 0. The molecule has 0 bridgehead atoms. The van der Waals surface area contributed by atoms with Crippen LogP contribution in [0.5, 0.6) is 0 Å². The van der Waals surface area contributed by atoms with E-state index in [1.807, 2.05) is 32.0 Å². The van der Waals surface area contributed by atoms with Crippen LogP contribution >= 0.6 is 11.3 Å². The van der Waals surface area contributed by atoms with Gasteiger partial charge in [-0.25, -0.2) is 9.97 Å². The van der Waals surface area contributed by atoms with E-state index in [0.717, 1.165) is 58.3 Å². The maximum absolute atomic E-state index is 12.7. The molecule has 3 aromatic rings. The Hall–Kier alpha value is -2.51. The van der Waals surface area contributed by atoms with Gasteiger partial charge in [0.05, 0.1) is 25.0 Å². The second-order valence-electron chi connectivity index (χ2n) is 7.75. The monoisotopic (exact) mass is 426 g/mol. The van der Waals surface area contributed by atoms with E-state index in [2.05, 4.69) is 38.3 Å². The molecule has 30 heavy (non-hydrogen) atoms. The van der Waals surface area contributed by atoms with E-state index in [4.69, 9.17) is 9.97 Å². The summed E-state index contributed by atoms with van der Waals surface area (Å²) >= 11 is 1.69. The molecule has 2 heterocycles. The SMILES string of the molecule is CC[NH+](CC)Cc1nc(NCC(=O)Nc2c(C)cccc2C)c2c(C)c(C)sc2n1. The van der Waals surface area contributed by atoms with Gasteiger partial charge in [-0.3, -0.25) is 4.79 Å². The first-order valence-corrected chi connectivity index (χ1v) is 11.4. The van der Waals surface area contributed by atoms with Gasteiger partial charge < -0.3 is 15.5 Å². The van der Waals surface area contributed by atoms with Crippen molar-refractivity contribution in [3.05, 3.63) is 45.6 Å². The van der Waals surface area contributed by atoms with Gasteiger partial charge in [0.2, 0.25) is 5.91 Å². The molecule has 0 fully saturated rings. The average Bonchev–Trinajstić information content (AvgIpc) is 3.01. The fourth-order valence-electron chi connectivity index (χ4n) is 3.58. The maximum Gasteiger partial charge on any atom is 0.243 e. The standard InChI is InChI=1S/C23H31N5OS/c1-7-28(8-2)13-18-25-22(20-16(5)17(6)30-23(20)26-18)24-12-19(29)27-21-14(3)10-9-11-15(21)4/h9-11H,7-8,12-13H2,1-6H3,(H,27,29)(H,24,25,26)/p+1. The fraction of sp³-hybridized carbons (Fsp3) is 0.435. The number of aromatic nitrogens is 2. The Morgan fingerprint density at radius 1 is 1.07 bits per heavy atom. The predicted molar refractivity (Wildman–Crippen MR) is 126 cm³/mol. The van der Waals surface area contributed by atoms with E-state index in [9.17, 15) is 4.79 Å². The summed E-state index contributed by atoms with van der Waals surface area (Å²) in [6.07, 6.45) is 0. The lowest BCUT2D eigenvalue weighted by molar-refractivity contribution is -0.910. The Bertz CT molecular complexity index is 1040. The van der Waals surface area contributed by atoms with Crippen molar-refractivity contribution >= 4 is 39.0 Å². The number of hydrogen-bond donors (Lipinski definition) is 3. The summed E-state index contributed by atoms with van der Waals surface area (Å²) in [6.45, 7) is 15.5. The van der Waals surface area contributed by atoms with Crippen molar-refractivity contribution in [2.45, 2.75) is 48.1 Å². The van der Waals surface area contributed by atoms with Gasteiger partial charge in [-0.15, -0.1) is 11.3 Å². The quantitative estimate of drug-likeness (QED) is 0.516. The molecule has 3 rings (SSSR count). The molecule has 160 valence electrons. The topological polar surface area (TPSA) is 71.3 Å². The normalized spacial score (nSPS) is 11.3. The first-order valence-electron chi connectivity index (χ1n) is 10.5. The second kappa shape index (κ2) is 9.53. The third-order valence-electron chi connectivity index (χ3n) is 5.65. The highest BCUT2D eigenvalue weighted by molar-refractivity contribution is 7.18. The largest absolute Gasteiger partial charge is 0.360 e. The summed E-state index contributed by atoms with van der Waals surface area (Å²) in [7, 11) is 0. The first-order chi connectivity index (χ1) is 14.3. The number of carbonyl (C=O) groups is 1. The molecule has 0 radical (unpaired) electrons. The van der Waals surface area contributed by atoms with Crippen LogP contribution in [0, 0.1) is 27.7 Å². The lowest BCUT2D eigenvalue weighted by atomic mass is 10.1. The fourth-order valence-corrected chi connectivity index (χ4v) is 4.63. The number of nitrogens with zero attached hydrogens (tertiary/aromatic N) is 2. The summed E-state index contributed by atoms with van der Waals surface area (Å²) in [5, 5.41) is 7.34. The Morgan fingerprint density at radius 2 is 1.73 bits per heavy atom. The van der Waals surface area contributed by atoms with Crippen LogP contribution in [0.1, 0.15) is 41.2 Å². The third kappa shape index (κ3) is 4.79. The van der Waals surface area contributed by atoms with Gasteiger partial charge >= 0.3 is 0 Å². The van der Waals surface area contributed by atoms with Crippen molar-refractivity contribution in [3.8, 4) is 0 Å². The highest BCUT2D eigenvalue weighted by atomic mass is 32.1. The predicted octanol–water partition coefficient (Wildman–Crippen LogP) is 3.40. The number of thiophene rings is 1. The molecular weight excluding hydrogens is 394 g/mol. The number of amides is 1. The molecule has 2 aromatic heterocycles. The minimum Gasteiger partial charge on any atom is -0.360 e. The molecule has 0 unspecified atom stereocenters. The number of fused-ring (bicyclic) bond motifs is 1. The third-order valence-corrected chi connectivity index (χ3v) is 6.75. The summed E-state index contributed by atoms with van der Waals surface area (Å²) in [5.74, 6) is 1.49. The number of nitrogens with one attached hydrogen (secondary N) is 3. The van der Waals surface area contributed by atoms with Crippen molar-refractivity contribution in [1.29, 1.82) is 0 Å². The number of quaternary nitrogens is 1. The smallest absolute Gasteiger partial charge is 0.243 e. The molecule has 0 saturated heterocycles. The number of rotatable bonds is 8. The molecule has 0 aliphatic heterocycles. The summed E-state index contributed by atoms with van der Waals surface area (Å²) in [5.41, 5.74) is 4.17. The highest BCUT2D eigenvalue weighted by Crippen LogP contribution is 2.33. The van der Waals surface area contributed by atoms with Gasteiger partial charge in [-0.05, 0) is 58.2 Å². The Morgan fingerprint density at radius 3 is 2.37 bits per heavy atom. The van der Waals surface area contributed by atoms with E-state index in [1.165, 1.54) is 15.3 Å². The first kappa shape index (κ1) is 22.2. The van der Waals surface area contributed by atoms with Gasteiger partial charge in [0.25, 0.3) is 0 Å². The van der Waals surface area contributed by atoms with E-state index in [1.54, 1.807) is 11.3 Å². The van der Waals surface area contributed by atoms with Crippen molar-refractivity contribution in [3.63, 3.8) is 0 Å². The number of aryl methyl sites for hydroxylation is 4. The van der Waals surface area contributed by atoms with Crippen molar-refractivity contribution in [2.24, 2.45) is 0 Å². The Labute approximate surface area is 182 Å². The molecule has 3 N–H and O–H groups in total. The molecule has 1 amide bonds. The molecule has 6 nitrogen and oxygen atoms in total. The Kier molecular flexibility index (Phi) is 7.05. The number of anilines is 2. The van der Waals surface area contributed by atoms with E-state index in [-0.39, 0.29) is 12.5 Å². The zero-order chi connectivity index (χ0) is 21.8. The number of hydrogen-bond acceptors (Lipinski definition) is 5. The Balaban J connectivity index is 1.84. The maximum atomic E-state index is 12.7. The van der Waals surface area contributed by atoms with Crippen molar-refractivity contribution < 1.29 is 9.69 Å². The highest BCUT2D eigenvalue weighted by Gasteiger charge is 2.17. The zero-order valence-electron chi connectivity index (χ0n) is 18.8.